The summed E-state index contributed by atoms with van der Waals surface area (Å²) in [5, 5.41) is 0. The van der Waals surface area contributed by atoms with Crippen LogP contribution in [0, 0.1) is 12.8 Å². The minimum Gasteiger partial charge on any atom is -0.497 e. The number of hydrogen-bond acceptors (Lipinski definition) is 5. The van der Waals surface area contributed by atoms with Crippen LogP contribution in [-0.4, -0.2) is 63.8 Å². The number of aryl methyl sites for hydroxylation is 1. The number of amides is 1. The first kappa shape index (κ1) is 23.5. The molecule has 3 rings (SSSR count). The maximum atomic E-state index is 13.6. The van der Waals surface area contributed by atoms with E-state index in [9.17, 15) is 14.4 Å². The van der Waals surface area contributed by atoms with Gasteiger partial charge in [-0.2, -0.15) is 0 Å². The quantitative estimate of drug-likeness (QED) is 0.364. The monoisotopic (exact) mass is 439 g/mol. The lowest BCUT2D eigenvalue weighted by atomic mass is 9.84. The summed E-state index contributed by atoms with van der Waals surface area (Å²) in [6.45, 7) is 3.03. The van der Waals surface area contributed by atoms with Crippen LogP contribution < -0.4 is 14.4 Å². The zero-order valence-electron chi connectivity index (χ0n) is 19.3. The highest BCUT2D eigenvalue weighted by molar-refractivity contribution is 6.44. The molecule has 2 atom stereocenters. The molecule has 1 aliphatic rings. The summed E-state index contributed by atoms with van der Waals surface area (Å²) in [4.78, 5) is 42.7. The van der Waals surface area contributed by atoms with E-state index in [-0.39, 0.29) is 5.78 Å². The molecule has 170 valence electrons. The predicted molar refractivity (Wildman–Crippen MR) is 120 cm³/mol. The average molecular weight is 440 g/mol. The maximum Gasteiger partial charge on any atom is 0.291 e. The van der Waals surface area contributed by atoms with Gasteiger partial charge in [0.1, 0.15) is 17.4 Å². The van der Waals surface area contributed by atoms with Gasteiger partial charge >= 0.3 is 0 Å². The Balaban J connectivity index is 2.06. The molecular formula is C25H31N2O5+. The van der Waals surface area contributed by atoms with Crippen molar-refractivity contribution in [1.29, 1.82) is 0 Å². The summed E-state index contributed by atoms with van der Waals surface area (Å²) >= 11 is 0. The van der Waals surface area contributed by atoms with Crippen molar-refractivity contribution in [3.63, 3.8) is 0 Å². The molecule has 0 spiro atoms. The lowest BCUT2D eigenvalue weighted by Gasteiger charge is -2.28. The third-order valence-electron chi connectivity index (χ3n) is 5.92. The van der Waals surface area contributed by atoms with Gasteiger partial charge in [-0.3, -0.25) is 14.4 Å². The van der Waals surface area contributed by atoms with Crippen molar-refractivity contribution in [3.05, 3.63) is 59.2 Å². The van der Waals surface area contributed by atoms with Crippen LogP contribution >= 0.6 is 0 Å². The fraction of sp³-hybridized carbons (Fsp3) is 0.400. The lowest BCUT2D eigenvalue weighted by Crippen LogP contribution is -3.05. The van der Waals surface area contributed by atoms with Gasteiger partial charge in [0, 0.05) is 24.1 Å². The highest BCUT2D eigenvalue weighted by atomic mass is 16.5. The van der Waals surface area contributed by atoms with Gasteiger partial charge in [0.25, 0.3) is 5.91 Å². The summed E-state index contributed by atoms with van der Waals surface area (Å²) < 4.78 is 10.8. The number of Topliss-reactive ketones (excluding diaryl/α,β-unsaturated/α-hetero) is 2. The molecule has 2 aromatic carbocycles. The van der Waals surface area contributed by atoms with E-state index in [1.807, 2.05) is 32.3 Å². The SMILES string of the molecule is COc1ccc(C(=O)C2C(=O)C(=O)N(CCC[NH+](C)C)C2c2ccccc2OC)c(C)c1. The van der Waals surface area contributed by atoms with E-state index < -0.39 is 23.7 Å². The molecule has 32 heavy (non-hydrogen) atoms. The van der Waals surface area contributed by atoms with E-state index >= 15 is 0 Å². The van der Waals surface area contributed by atoms with Crippen LogP contribution in [0.1, 0.15) is 33.9 Å². The Morgan fingerprint density at radius 1 is 1.06 bits per heavy atom. The number of methoxy groups -OCH3 is 2. The number of benzene rings is 2. The normalized spacial score (nSPS) is 18.4. The highest BCUT2D eigenvalue weighted by Gasteiger charge is 2.52. The van der Waals surface area contributed by atoms with Gasteiger partial charge in [0.2, 0.25) is 5.78 Å². The first-order valence-corrected chi connectivity index (χ1v) is 10.8. The molecule has 2 aromatic rings. The van der Waals surface area contributed by atoms with Crippen LogP contribution in [0.15, 0.2) is 42.5 Å². The Labute approximate surface area is 188 Å². The van der Waals surface area contributed by atoms with Crippen LogP contribution in [0.2, 0.25) is 0 Å². The van der Waals surface area contributed by atoms with Crippen LogP contribution in [0.3, 0.4) is 0 Å². The molecule has 0 saturated carbocycles. The van der Waals surface area contributed by atoms with Gasteiger partial charge in [0.05, 0.1) is 40.9 Å². The number of rotatable bonds is 9. The summed E-state index contributed by atoms with van der Waals surface area (Å²) in [6, 6.07) is 11.6. The minimum absolute atomic E-state index is 0.361. The molecule has 0 aliphatic carbocycles. The number of para-hydroxylation sites is 1. The number of ketones is 2. The summed E-state index contributed by atoms with van der Waals surface area (Å²) in [5.41, 5.74) is 1.77. The first-order chi connectivity index (χ1) is 15.3. The zero-order chi connectivity index (χ0) is 23.4. The molecule has 1 fully saturated rings. The number of ether oxygens (including phenoxy) is 2. The fourth-order valence-electron chi connectivity index (χ4n) is 4.30. The second-order valence-electron chi connectivity index (χ2n) is 8.38. The zero-order valence-corrected chi connectivity index (χ0v) is 19.3. The number of carbonyl (C=O) groups is 3. The highest BCUT2D eigenvalue weighted by Crippen LogP contribution is 2.42. The largest absolute Gasteiger partial charge is 0.497 e. The van der Waals surface area contributed by atoms with E-state index in [2.05, 4.69) is 0 Å². The Bertz CT molecular complexity index is 1020. The summed E-state index contributed by atoms with van der Waals surface area (Å²) in [5.74, 6) is -1.59. The van der Waals surface area contributed by atoms with Crippen LogP contribution in [0.5, 0.6) is 11.5 Å². The lowest BCUT2D eigenvalue weighted by molar-refractivity contribution is -0.858. The van der Waals surface area contributed by atoms with Crippen molar-refractivity contribution in [2.75, 3.05) is 41.4 Å². The van der Waals surface area contributed by atoms with Gasteiger partial charge in [-0.05, 0) is 36.8 Å². The molecule has 1 amide bonds. The molecule has 1 saturated heterocycles. The first-order valence-electron chi connectivity index (χ1n) is 10.8. The van der Waals surface area contributed by atoms with Crippen molar-refractivity contribution in [1.82, 2.24) is 4.90 Å². The average Bonchev–Trinajstić information content (AvgIpc) is 3.03. The molecular weight excluding hydrogens is 408 g/mol. The van der Waals surface area contributed by atoms with Crippen molar-refractivity contribution >= 4 is 17.5 Å². The van der Waals surface area contributed by atoms with Crippen molar-refractivity contribution in [2.24, 2.45) is 5.92 Å². The molecule has 1 N–H and O–H groups in total. The smallest absolute Gasteiger partial charge is 0.291 e. The van der Waals surface area contributed by atoms with Crippen LogP contribution in [0.25, 0.3) is 0 Å². The van der Waals surface area contributed by atoms with E-state index in [0.717, 1.165) is 13.0 Å². The van der Waals surface area contributed by atoms with Gasteiger partial charge < -0.3 is 19.3 Å². The van der Waals surface area contributed by atoms with Crippen LogP contribution in [-0.2, 0) is 9.59 Å². The molecule has 0 aromatic heterocycles. The second kappa shape index (κ2) is 9.96. The molecule has 7 nitrogen and oxygen atoms in total. The van der Waals surface area contributed by atoms with Gasteiger partial charge in [-0.15, -0.1) is 0 Å². The Morgan fingerprint density at radius 3 is 2.41 bits per heavy atom. The molecule has 0 radical (unpaired) electrons. The molecule has 2 unspecified atom stereocenters. The van der Waals surface area contributed by atoms with E-state index in [0.29, 0.717) is 34.7 Å². The van der Waals surface area contributed by atoms with E-state index in [4.69, 9.17) is 9.47 Å². The van der Waals surface area contributed by atoms with Gasteiger partial charge in [-0.25, -0.2) is 0 Å². The number of nitrogens with one attached hydrogen (secondary N) is 1. The third-order valence-corrected chi connectivity index (χ3v) is 5.92. The van der Waals surface area contributed by atoms with Crippen molar-refractivity contribution in [3.8, 4) is 11.5 Å². The second-order valence-corrected chi connectivity index (χ2v) is 8.38. The number of carbonyl (C=O) groups excluding carboxylic acids is 3. The number of hydrogen-bond donors (Lipinski definition) is 1. The topological polar surface area (TPSA) is 77.4 Å². The van der Waals surface area contributed by atoms with Crippen molar-refractivity contribution < 1.29 is 28.8 Å². The van der Waals surface area contributed by atoms with Crippen LogP contribution in [0.4, 0.5) is 0 Å². The van der Waals surface area contributed by atoms with Crippen molar-refractivity contribution in [2.45, 2.75) is 19.4 Å². The molecule has 7 heteroatoms. The third kappa shape index (κ3) is 4.53. The Kier molecular flexibility index (Phi) is 7.30. The standard InChI is InChI=1S/C25H30N2O5/c1-16-15-17(31-4)11-12-18(16)23(28)21-22(19-9-6-7-10-20(19)32-5)27(25(30)24(21)29)14-8-13-26(2)3/h6-7,9-12,15,21-22H,8,13-14H2,1-5H3/p+1. The Morgan fingerprint density at radius 2 is 1.78 bits per heavy atom. The number of likely N-dealkylation sites (tertiary alicyclic amines) is 1. The minimum atomic E-state index is -1.13. The summed E-state index contributed by atoms with van der Waals surface area (Å²) in [6.07, 6.45) is 0.718. The molecule has 1 heterocycles. The fourth-order valence-corrected chi connectivity index (χ4v) is 4.30. The van der Waals surface area contributed by atoms with E-state index in [1.54, 1.807) is 50.3 Å². The Hall–Kier alpha value is -3.19. The van der Waals surface area contributed by atoms with Gasteiger partial charge in [0.15, 0.2) is 5.78 Å². The number of nitrogens with zero attached hydrogens (tertiary/aromatic N) is 1. The maximum absolute atomic E-state index is 13.6. The molecule has 1 aliphatic heterocycles. The van der Waals surface area contributed by atoms with Gasteiger partial charge in [-0.1, -0.05) is 18.2 Å². The summed E-state index contributed by atoms with van der Waals surface area (Å²) in [7, 11) is 7.17. The predicted octanol–water partition coefficient (Wildman–Crippen LogP) is 1.50. The molecule has 0 bridgehead atoms. The van der Waals surface area contributed by atoms with E-state index in [1.165, 1.54) is 4.90 Å². The number of quaternary nitrogens is 1.